The van der Waals surface area contributed by atoms with Gasteiger partial charge in [0.2, 0.25) is 0 Å². The lowest BCUT2D eigenvalue weighted by molar-refractivity contribution is -0.169. The highest BCUT2D eigenvalue weighted by Crippen LogP contribution is 2.43. The van der Waals surface area contributed by atoms with Crippen molar-refractivity contribution in [2.45, 2.75) is 59.2 Å². The minimum Gasteiger partial charge on any atom is -0.460 e. The summed E-state index contributed by atoms with van der Waals surface area (Å²) < 4.78 is 5.38. The summed E-state index contributed by atoms with van der Waals surface area (Å²) in [7, 11) is 0. The molecule has 18 heavy (non-hydrogen) atoms. The van der Waals surface area contributed by atoms with E-state index in [0.29, 0.717) is 12.2 Å². The Morgan fingerprint density at radius 1 is 1.33 bits per heavy atom. The number of ether oxygens (including phenoxy) is 1. The lowest BCUT2D eigenvalue weighted by Gasteiger charge is -2.43. The predicted molar refractivity (Wildman–Crippen MR) is 75.7 cm³/mol. The maximum Gasteiger partial charge on any atom is 0.312 e. The zero-order chi connectivity index (χ0) is 14.2. The Bertz CT molecular complexity index is 319. The highest BCUT2D eigenvalue weighted by atomic mass is 32.2. The van der Waals surface area contributed by atoms with Gasteiger partial charge in [0, 0.05) is 5.75 Å². The summed E-state index contributed by atoms with van der Waals surface area (Å²) in [5.41, 5.74) is -1.39. The maximum absolute atomic E-state index is 12.1. The highest BCUT2D eigenvalue weighted by Gasteiger charge is 2.46. The van der Waals surface area contributed by atoms with E-state index in [1.165, 1.54) is 0 Å². The average molecular weight is 274 g/mol. The first-order valence-corrected chi connectivity index (χ1v) is 7.64. The maximum atomic E-state index is 12.1. The van der Waals surface area contributed by atoms with E-state index in [2.05, 4.69) is 13.8 Å². The Morgan fingerprint density at radius 3 is 2.33 bits per heavy atom. The third kappa shape index (κ3) is 4.16. The molecule has 1 aliphatic heterocycles. The zero-order valence-corrected chi connectivity index (χ0v) is 13.2. The molecule has 1 heterocycles. The Hall–Kier alpha value is -0.220. The first-order valence-electron chi connectivity index (χ1n) is 6.48. The fourth-order valence-corrected chi connectivity index (χ4v) is 3.78. The summed E-state index contributed by atoms with van der Waals surface area (Å²) in [4.78, 5) is 12.1. The van der Waals surface area contributed by atoms with Crippen molar-refractivity contribution in [1.82, 2.24) is 0 Å². The Morgan fingerprint density at radius 2 is 1.89 bits per heavy atom. The lowest BCUT2D eigenvalue weighted by Crippen LogP contribution is -2.51. The normalized spacial score (nSPS) is 29.7. The van der Waals surface area contributed by atoms with Gasteiger partial charge in [-0.3, -0.25) is 4.79 Å². The van der Waals surface area contributed by atoms with Gasteiger partial charge in [-0.25, -0.2) is 0 Å². The van der Waals surface area contributed by atoms with Crippen molar-refractivity contribution < 1.29 is 14.6 Å². The van der Waals surface area contributed by atoms with Crippen molar-refractivity contribution in [3.8, 4) is 0 Å². The van der Waals surface area contributed by atoms with Crippen LogP contribution in [0.15, 0.2) is 0 Å². The van der Waals surface area contributed by atoms with E-state index in [9.17, 15) is 9.90 Å². The second-order valence-electron chi connectivity index (χ2n) is 7.19. The first-order chi connectivity index (χ1) is 7.95. The molecule has 0 amide bonds. The standard InChI is InChI=1S/C14H26O3S/c1-10(11(15)17-12(2,3)4)14(16)7-13(5,6)8-18-9-14/h10,16H,7-9H2,1-6H3. The Balaban J connectivity index is 2.76. The fourth-order valence-electron chi connectivity index (χ4n) is 2.32. The molecule has 4 heteroatoms. The van der Waals surface area contributed by atoms with Gasteiger partial charge in [-0.15, -0.1) is 0 Å². The van der Waals surface area contributed by atoms with Crippen LogP contribution in [0, 0.1) is 11.3 Å². The van der Waals surface area contributed by atoms with Crippen molar-refractivity contribution in [2.75, 3.05) is 11.5 Å². The molecule has 0 radical (unpaired) electrons. The first kappa shape index (κ1) is 15.8. The van der Waals surface area contributed by atoms with E-state index in [0.717, 1.165) is 5.75 Å². The molecule has 2 atom stereocenters. The van der Waals surface area contributed by atoms with Crippen LogP contribution < -0.4 is 0 Å². The zero-order valence-electron chi connectivity index (χ0n) is 12.4. The van der Waals surface area contributed by atoms with Crippen LogP contribution >= 0.6 is 11.8 Å². The van der Waals surface area contributed by atoms with E-state index < -0.39 is 17.1 Å². The number of esters is 1. The fraction of sp³-hybridized carbons (Fsp3) is 0.929. The molecular weight excluding hydrogens is 248 g/mol. The van der Waals surface area contributed by atoms with Gasteiger partial charge in [-0.2, -0.15) is 11.8 Å². The van der Waals surface area contributed by atoms with Crippen molar-refractivity contribution in [2.24, 2.45) is 11.3 Å². The number of thioether (sulfide) groups is 1. The molecule has 1 rings (SSSR count). The van der Waals surface area contributed by atoms with Crippen molar-refractivity contribution in [3.05, 3.63) is 0 Å². The van der Waals surface area contributed by atoms with E-state index in [1.807, 2.05) is 20.8 Å². The number of carbonyl (C=O) groups is 1. The molecule has 106 valence electrons. The highest BCUT2D eigenvalue weighted by molar-refractivity contribution is 7.99. The second kappa shape index (κ2) is 5.04. The van der Waals surface area contributed by atoms with Gasteiger partial charge in [0.1, 0.15) is 5.60 Å². The van der Waals surface area contributed by atoms with Crippen LogP contribution in [0.5, 0.6) is 0 Å². The smallest absolute Gasteiger partial charge is 0.312 e. The molecule has 1 N–H and O–H groups in total. The van der Waals surface area contributed by atoms with Crippen molar-refractivity contribution >= 4 is 17.7 Å². The molecule has 0 aliphatic carbocycles. The van der Waals surface area contributed by atoms with Crippen LogP contribution in [-0.2, 0) is 9.53 Å². The van der Waals surface area contributed by atoms with Crippen LogP contribution in [0.3, 0.4) is 0 Å². The number of hydrogen-bond acceptors (Lipinski definition) is 4. The van der Waals surface area contributed by atoms with Crippen LogP contribution in [0.2, 0.25) is 0 Å². The Labute approximate surface area is 115 Å². The van der Waals surface area contributed by atoms with Gasteiger partial charge in [-0.05, 0) is 45.3 Å². The molecule has 0 bridgehead atoms. The van der Waals surface area contributed by atoms with E-state index >= 15 is 0 Å². The van der Waals surface area contributed by atoms with Gasteiger partial charge < -0.3 is 9.84 Å². The average Bonchev–Trinajstić information content (AvgIpc) is 2.11. The molecule has 1 saturated heterocycles. The van der Waals surface area contributed by atoms with Crippen LogP contribution in [0.25, 0.3) is 0 Å². The van der Waals surface area contributed by atoms with Crippen LogP contribution in [-0.4, -0.2) is 33.8 Å². The molecule has 1 aliphatic rings. The molecule has 0 aromatic rings. The minimum absolute atomic E-state index is 0.0634. The number of hydrogen-bond donors (Lipinski definition) is 1. The molecule has 1 fully saturated rings. The molecule has 0 aromatic heterocycles. The van der Waals surface area contributed by atoms with Gasteiger partial charge in [-0.1, -0.05) is 13.8 Å². The molecular formula is C14H26O3S. The van der Waals surface area contributed by atoms with Gasteiger partial charge in [0.25, 0.3) is 0 Å². The Kier molecular flexibility index (Phi) is 4.44. The molecule has 0 saturated carbocycles. The van der Waals surface area contributed by atoms with E-state index in [1.54, 1.807) is 18.7 Å². The number of carbonyl (C=O) groups excluding carboxylic acids is 1. The summed E-state index contributed by atoms with van der Waals surface area (Å²) in [5.74, 6) is 0.847. The third-order valence-electron chi connectivity index (χ3n) is 3.20. The largest absolute Gasteiger partial charge is 0.460 e. The summed E-state index contributed by atoms with van der Waals surface area (Å²) in [6.45, 7) is 11.6. The van der Waals surface area contributed by atoms with E-state index in [-0.39, 0.29) is 11.4 Å². The quantitative estimate of drug-likeness (QED) is 0.787. The number of rotatable bonds is 2. The lowest BCUT2D eigenvalue weighted by atomic mass is 9.76. The molecule has 3 nitrogen and oxygen atoms in total. The minimum atomic E-state index is -0.950. The molecule has 2 unspecified atom stereocenters. The van der Waals surface area contributed by atoms with Gasteiger partial charge in [0.15, 0.2) is 0 Å². The summed E-state index contributed by atoms with van der Waals surface area (Å²) in [6, 6.07) is 0. The monoisotopic (exact) mass is 274 g/mol. The van der Waals surface area contributed by atoms with Gasteiger partial charge in [0.05, 0.1) is 11.5 Å². The van der Waals surface area contributed by atoms with E-state index in [4.69, 9.17) is 4.74 Å². The van der Waals surface area contributed by atoms with Crippen molar-refractivity contribution in [3.63, 3.8) is 0 Å². The third-order valence-corrected chi connectivity index (χ3v) is 4.89. The summed E-state index contributed by atoms with van der Waals surface area (Å²) in [5, 5.41) is 10.7. The predicted octanol–water partition coefficient (Wildman–Crippen LogP) is 2.86. The SMILES string of the molecule is CC(C(=O)OC(C)(C)C)C1(O)CSCC(C)(C)C1. The second-order valence-corrected chi connectivity index (χ2v) is 8.18. The topological polar surface area (TPSA) is 46.5 Å². The molecule has 0 spiro atoms. The summed E-state index contributed by atoms with van der Waals surface area (Å²) in [6.07, 6.45) is 0.646. The van der Waals surface area contributed by atoms with Crippen LogP contribution in [0.4, 0.5) is 0 Å². The number of aliphatic hydroxyl groups is 1. The summed E-state index contributed by atoms with van der Waals surface area (Å²) >= 11 is 1.71. The molecule has 0 aromatic carbocycles. The van der Waals surface area contributed by atoms with Crippen LogP contribution in [0.1, 0.15) is 48.0 Å². The van der Waals surface area contributed by atoms with Gasteiger partial charge >= 0.3 is 5.97 Å². The van der Waals surface area contributed by atoms with Crippen molar-refractivity contribution in [1.29, 1.82) is 0 Å².